The summed E-state index contributed by atoms with van der Waals surface area (Å²) in [5.41, 5.74) is 1.37. The topological polar surface area (TPSA) is 41.1 Å². The zero-order valence-electron chi connectivity index (χ0n) is 9.38. The first-order valence-corrected chi connectivity index (χ1v) is 5.37. The Morgan fingerprint density at radius 3 is 2.88 bits per heavy atom. The number of aryl methyl sites for hydroxylation is 1. The van der Waals surface area contributed by atoms with Crippen LogP contribution in [0.3, 0.4) is 0 Å². The summed E-state index contributed by atoms with van der Waals surface area (Å²) in [5, 5.41) is 6.01. The Labute approximate surface area is 94.0 Å². The second-order valence-electron chi connectivity index (χ2n) is 4.25. The summed E-state index contributed by atoms with van der Waals surface area (Å²) >= 11 is 0. The number of nitrogens with one attached hydrogen (secondary N) is 2. The van der Waals surface area contributed by atoms with E-state index < -0.39 is 0 Å². The molecule has 0 aromatic heterocycles. The minimum atomic E-state index is -0.372. The maximum absolute atomic E-state index is 13.1. The van der Waals surface area contributed by atoms with Gasteiger partial charge < -0.3 is 5.32 Å². The highest BCUT2D eigenvalue weighted by molar-refractivity contribution is 5.84. The predicted molar refractivity (Wildman–Crippen MR) is 59.5 cm³/mol. The molecule has 2 unspecified atom stereocenters. The predicted octanol–water partition coefficient (Wildman–Crippen LogP) is 1.28. The molecule has 1 amide bonds. The van der Waals surface area contributed by atoms with Gasteiger partial charge in [-0.1, -0.05) is 12.1 Å². The third kappa shape index (κ3) is 2.07. The van der Waals surface area contributed by atoms with Crippen LogP contribution >= 0.6 is 0 Å². The summed E-state index contributed by atoms with van der Waals surface area (Å²) in [5.74, 6) is -0.294. The lowest BCUT2D eigenvalue weighted by Crippen LogP contribution is -2.52. The van der Waals surface area contributed by atoms with Crippen LogP contribution in [-0.2, 0) is 4.79 Å². The van der Waals surface area contributed by atoms with Gasteiger partial charge in [0.25, 0.3) is 0 Å². The number of hydrogen-bond donors (Lipinski definition) is 2. The van der Waals surface area contributed by atoms with E-state index in [0.717, 1.165) is 5.56 Å². The molecule has 0 aliphatic carbocycles. The fourth-order valence-corrected chi connectivity index (χ4v) is 1.87. The second-order valence-corrected chi connectivity index (χ2v) is 4.25. The number of amides is 1. The summed E-state index contributed by atoms with van der Waals surface area (Å²) in [4.78, 5) is 11.7. The van der Waals surface area contributed by atoms with Crippen molar-refractivity contribution in [1.82, 2.24) is 10.6 Å². The maximum atomic E-state index is 13.1. The van der Waals surface area contributed by atoms with E-state index in [9.17, 15) is 9.18 Å². The van der Waals surface area contributed by atoms with Crippen LogP contribution in [-0.4, -0.2) is 18.5 Å². The molecule has 0 saturated carbocycles. The van der Waals surface area contributed by atoms with Crippen molar-refractivity contribution in [2.24, 2.45) is 0 Å². The second kappa shape index (κ2) is 4.22. The molecule has 2 rings (SSSR count). The minimum absolute atomic E-state index is 0.0518. The van der Waals surface area contributed by atoms with Crippen molar-refractivity contribution in [2.45, 2.75) is 25.9 Å². The van der Waals surface area contributed by atoms with Crippen molar-refractivity contribution in [1.29, 1.82) is 0 Å². The van der Waals surface area contributed by atoms with E-state index in [1.807, 2.05) is 6.92 Å². The van der Waals surface area contributed by atoms with Crippen LogP contribution in [0, 0.1) is 12.7 Å². The van der Waals surface area contributed by atoms with Crippen molar-refractivity contribution >= 4 is 5.91 Å². The zero-order valence-corrected chi connectivity index (χ0v) is 9.38. The van der Waals surface area contributed by atoms with E-state index in [4.69, 9.17) is 0 Å². The number of carbonyl (C=O) groups is 1. The molecule has 16 heavy (non-hydrogen) atoms. The summed E-state index contributed by atoms with van der Waals surface area (Å²) in [6.07, 6.45) is 0. The summed E-state index contributed by atoms with van der Waals surface area (Å²) in [6, 6.07) is 4.62. The quantitative estimate of drug-likeness (QED) is 0.751. The molecule has 0 spiro atoms. The molecule has 3 nitrogen and oxygen atoms in total. The highest BCUT2D eigenvalue weighted by Crippen LogP contribution is 2.19. The Balaban J connectivity index is 2.28. The lowest BCUT2D eigenvalue weighted by atomic mass is 10.0. The van der Waals surface area contributed by atoms with Crippen LogP contribution in [0.5, 0.6) is 0 Å². The number of halogens is 1. The average molecular weight is 222 g/mol. The third-order valence-corrected chi connectivity index (χ3v) is 2.81. The smallest absolute Gasteiger partial charge is 0.241 e. The van der Waals surface area contributed by atoms with Crippen LogP contribution in [0.2, 0.25) is 0 Å². The van der Waals surface area contributed by atoms with Crippen molar-refractivity contribution in [3.63, 3.8) is 0 Å². The molecule has 0 bridgehead atoms. The molecular formula is C12H15FN2O. The Bertz CT molecular complexity index is 419. The molecule has 1 fully saturated rings. The Morgan fingerprint density at radius 1 is 1.44 bits per heavy atom. The molecule has 1 aliphatic rings. The highest BCUT2D eigenvalue weighted by atomic mass is 19.1. The molecule has 1 aromatic rings. The Kier molecular flexibility index (Phi) is 2.92. The number of hydrogen-bond acceptors (Lipinski definition) is 2. The van der Waals surface area contributed by atoms with Gasteiger partial charge in [-0.3, -0.25) is 10.1 Å². The molecule has 1 heterocycles. The molecule has 1 aromatic carbocycles. The Morgan fingerprint density at radius 2 is 2.19 bits per heavy atom. The highest BCUT2D eigenvalue weighted by Gasteiger charge is 2.26. The molecule has 4 heteroatoms. The van der Waals surface area contributed by atoms with Crippen molar-refractivity contribution in [3.05, 3.63) is 35.1 Å². The van der Waals surface area contributed by atoms with E-state index in [0.29, 0.717) is 12.1 Å². The van der Waals surface area contributed by atoms with E-state index in [2.05, 4.69) is 10.6 Å². The molecule has 2 atom stereocenters. The number of piperazine rings is 1. The standard InChI is InChI=1S/C12H15FN2O/c1-7-5-9(3-4-10(7)13)11-12(16)14-6-8(2)15-11/h3-5,8,11,15H,6H2,1-2H3,(H,14,16). The maximum Gasteiger partial charge on any atom is 0.241 e. The van der Waals surface area contributed by atoms with Crippen molar-refractivity contribution < 1.29 is 9.18 Å². The zero-order chi connectivity index (χ0) is 11.7. The van der Waals surface area contributed by atoms with Gasteiger partial charge in [-0.25, -0.2) is 4.39 Å². The van der Waals surface area contributed by atoms with Gasteiger partial charge >= 0.3 is 0 Å². The SMILES string of the molecule is Cc1cc(C2NC(C)CNC2=O)ccc1F. The largest absolute Gasteiger partial charge is 0.353 e. The normalized spacial score (nSPS) is 25.3. The Hall–Kier alpha value is -1.42. The van der Waals surface area contributed by atoms with Gasteiger partial charge in [0, 0.05) is 12.6 Å². The molecule has 0 radical (unpaired) electrons. The van der Waals surface area contributed by atoms with Gasteiger partial charge in [-0.05, 0) is 31.0 Å². The van der Waals surface area contributed by atoms with E-state index in [1.54, 1.807) is 19.1 Å². The molecular weight excluding hydrogens is 207 g/mol. The average Bonchev–Trinajstić information content (AvgIpc) is 2.26. The monoisotopic (exact) mass is 222 g/mol. The van der Waals surface area contributed by atoms with Gasteiger partial charge in [0.1, 0.15) is 11.9 Å². The fraction of sp³-hybridized carbons (Fsp3) is 0.417. The lowest BCUT2D eigenvalue weighted by Gasteiger charge is -2.29. The summed E-state index contributed by atoms with van der Waals surface area (Å²) in [6.45, 7) is 4.33. The van der Waals surface area contributed by atoms with Crippen molar-refractivity contribution in [2.75, 3.05) is 6.54 Å². The fourth-order valence-electron chi connectivity index (χ4n) is 1.87. The molecule has 2 N–H and O–H groups in total. The van der Waals surface area contributed by atoms with Gasteiger partial charge in [-0.15, -0.1) is 0 Å². The first kappa shape index (κ1) is 11.1. The van der Waals surface area contributed by atoms with Crippen LogP contribution in [0.1, 0.15) is 24.1 Å². The van der Waals surface area contributed by atoms with Gasteiger partial charge in [0.05, 0.1) is 0 Å². The van der Waals surface area contributed by atoms with E-state index in [1.165, 1.54) is 6.07 Å². The summed E-state index contributed by atoms with van der Waals surface area (Å²) < 4.78 is 13.1. The van der Waals surface area contributed by atoms with Gasteiger partial charge in [0.2, 0.25) is 5.91 Å². The third-order valence-electron chi connectivity index (χ3n) is 2.81. The van der Waals surface area contributed by atoms with Crippen LogP contribution in [0.25, 0.3) is 0 Å². The lowest BCUT2D eigenvalue weighted by molar-refractivity contribution is -0.125. The molecule has 1 aliphatic heterocycles. The minimum Gasteiger partial charge on any atom is -0.353 e. The van der Waals surface area contributed by atoms with Gasteiger partial charge in [0.15, 0.2) is 0 Å². The number of carbonyl (C=O) groups excluding carboxylic acids is 1. The van der Waals surface area contributed by atoms with E-state index in [-0.39, 0.29) is 23.8 Å². The number of rotatable bonds is 1. The first-order chi connectivity index (χ1) is 7.58. The molecule has 86 valence electrons. The van der Waals surface area contributed by atoms with Crippen molar-refractivity contribution in [3.8, 4) is 0 Å². The molecule has 1 saturated heterocycles. The van der Waals surface area contributed by atoms with Crippen LogP contribution in [0.4, 0.5) is 4.39 Å². The first-order valence-electron chi connectivity index (χ1n) is 5.37. The van der Waals surface area contributed by atoms with Gasteiger partial charge in [-0.2, -0.15) is 0 Å². The van der Waals surface area contributed by atoms with Crippen LogP contribution < -0.4 is 10.6 Å². The number of benzene rings is 1. The summed E-state index contributed by atoms with van der Waals surface area (Å²) in [7, 11) is 0. The van der Waals surface area contributed by atoms with Crippen LogP contribution in [0.15, 0.2) is 18.2 Å². The van der Waals surface area contributed by atoms with E-state index >= 15 is 0 Å².